The Balaban J connectivity index is 3.62. The summed E-state index contributed by atoms with van der Waals surface area (Å²) < 4.78 is 0. The van der Waals surface area contributed by atoms with E-state index < -0.39 is 6.10 Å². The number of aliphatic hydroxyl groups is 1. The van der Waals surface area contributed by atoms with Crippen molar-refractivity contribution < 1.29 is 9.90 Å². The lowest BCUT2D eigenvalue weighted by atomic mass is 9.92. The highest BCUT2D eigenvalue weighted by atomic mass is 16.3. The first-order chi connectivity index (χ1) is 6.85. The fourth-order valence-electron chi connectivity index (χ4n) is 1.32. The maximum atomic E-state index is 11.4. The monoisotopic (exact) mass is 215 g/mol. The molecule has 0 saturated heterocycles. The smallest absolute Gasteiger partial charge is 0.220 e. The van der Waals surface area contributed by atoms with Crippen LogP contribution in [0.2, 0.25) is 0 Å². The maximum Gasteiger partial charge on any atom is 0.220 e. The van der Waals surface area contributed by atoms with Crippen molar-refractivity contribution in [1.82, 2.24) is 5.32 Å². The van der Waals surface area contributed by atoms with Gasteiger partial charge in [-0.1, -0.05) is 40.5 Å². The summed E-state index contributed by atoms with van der Waals surface area (Å²) in [5, 5.41) is 12.3. The first-order valence-corrected chi connectivity index (χ1v) is 5.80. The lowest BCUT2D eigenvalue weighted by molar-refractivity contribution is -0.123. The van der Waals surface area contributed by atoms with Crippen molar-refractivity contribution in [2.45, 2.75) is 59.5 Å². The molecular weight excluding hydrogens is 190 g/mol. The molecule has 0 rings (SSSR count). The van der Waals surface area contributed by atoms with Crippen LogP contribution in [0, 0.1) is 5.41 Å². The number of hydrogen-bond acceptors (Lipinski definition) is 2. The number of rotatable bonds is 6. The van der Waals surface area contributed by atoms with E-state index in [9.17, 15) is 9.90 Å². The number of carbonyl (C=O) groups is 1. The molecule has 0 aliphatic heterocycles. The van der Waals surface area contributed by atoms with E-state index in [1.165, 1.54) is 0 Å². The molecule has 2 N–H and O–H groups in total. The average Bonchev–Trinajstić information content (AvgIpc) is 2.08. The molecule has 0 aromatic heterocycles. The Morgan fingerprint density at radius 3 is 2.47 bits per heavy atom. The van der Waals surface area contributed by atoms with Crippen molar-refractivity contribution >= 4 is 5.91 Å². The van der Waals surface area contributed by atoms with Gasteiger partial charge >= 0.3 is 0 Å². The van der Waals surface area contributed by atoms with E-state index in [0.29, 0.717) is 13.0 Å². The van der Waals surface area contributed by atoms with Crippen LogP contribution in [0.15, 0.2) is 0 Å². The molecule has 15 heavy (non-hydrogen) atoms. The fraction of sp³-hybridized carbons (Fsp3) is 0.917. The van der Waals surface area contributed by atoms with Crippen LogP contribution in [0.3, 0.4) is 0 Å². The van der Waals surface area contributed by atoms with E-state index in [4.69, 9.17) is 0 Å². The van der Waals surface area contributed by atoms with E-state index in [0.717, 1.165) is 19.3 Å². The molecule has 0 unspecified atom stereocenters. The van der Waals surface area contributed by atoms with Gasteiger partial charge < -0.3 is 10.4 Å². The molecule has 3 heteroatoms. The molecular formula is C12H25NO2. The molecule has 0 aromatic rings. The highest BCUT2D eigenvalue weighted by molar-refractivity contribution is 5.76. The average molecular weight is 215 g/mol. The molecule has 0 saturated carbocycles. The minimum Gasteiger partial charge on any atom is -0.391 e. The second-order valence-corrected chi connectivity index (χ2v) is 5.34. The van der Waals surface area contributed by atoms with Crippen molar-refractivity contribution in [3.63, 3.8) is 0 Å². The Morgan fingerprint density at radius 1 is 1.40 bits per heavy atom. The number of amides is 1. The minimum atomic E-state index is -0.395. The third-order valence-electron chi connectivity index (χ3n) is 2.12. The summed E-state index contributed by atoms with van der Waals surface area (Å²) in [6.07, 6.45) is 2.97. The largest absolute Gasteiger partial charge is 0.391 e. The molecule has 0 aliphatic carbocycles. The third-order valence-corrected chi connectivity index (χ3v) is 2.12. The van der Waals surface area contributed by atoms with E-state index >= 15 is 0 Å². The van der Waals surface area contributed by atoms with Crippen LogP contribution >= 0.6 is 0 Å². The third kappa shape index (κ3) is 9.73. The first kappa shape index (κ1) is 14.4. The maximum absolute atomic E-state index is 11.4. The van der Waals surface area contributed by atoms with Crippen LogP contribution in [-0.2, 0) is 4.79 Å². The predicted molar refractivity (Wildman–Crippen MR) is 62.6 cm³/mol. The Labute approximate surface area is 93.3 Å². The van der Waals surface area contributed by atoms with Gasteiger partial charge in [0.15, 0.2) is 0 Å². The molecule has 0 aromatic carbocycles. The summed E-state index contributed by atoms with van der Waals surface area (Å²) in [6.45, 7) is 8.56. The van der Waals surface area contributed by atoms with E-state index in [2.05, 4.69) is 12.2 Å². The van der Waals surface area contributed by atoms with Gasteiger partial charge in [0, 0.05) is 13.0 Å². The standard InChI is InChI=1S/C12H25NO2/c1-5-6-7-10(14)9-13-11(15)8-12(2,3)4/h10,14H,5-9H2,1-4H3,(H,13,15)/t10-/m1/s1. The van der Waals surface area contributed by atoms with Gasteiger partial charge in [0.05, 0.1) is 6.10 Å². The van der Waals surface area contributed by atoms with Crippen molar-refractivity contribution in [2.75, 3.05) is 6.54 Å². The highest BCUT2D eigenvalue weighted by Gasteiger charge is 2.16. The van der Waals surface area contributed by atoms with Gasteiger partial charge in [0.25, 0.3) is 0 Å². The second kappa shape index (κ2) is 6.83. The molecule has 0 bridgehead atoms. The van der Waals surface area contributed by atoms with Gasteiger partial charge in [-0.2, -0.15) is 0 Å². The predicted octanol–water partition coefficient (Wildman–Crippen LogP) is 2.09. The van der Waals surface area contributed by atoms with E-state index in [1.54, 1.807) is 0 Å². The molecule has 1 amide bonds. The lowest BCUT2D eigenvalue weighted by Crippen LogP contribution is -2.34. The molecule has 0 radical (unpaired) electrons. The molecule has 0 heterocycles. The summed E-state index contributed by atoms with van der Waals surface area (Å²) in [7, 11) is 0. The number of carbonyl (C=O) groups excluding carboxylic acids is 1. The summed E-state index contributed by atoms with van der Waals surface area (Å²) >= 11 is 0. The van der Waals surface area contributed by atoms with Crippen LogP contribution in [-0.4, -0.2) is 23.7 Å². The zero-order chi connectivity index (χ0) is 11.9. The van der Waals surface area contributed by atoms with Crippen LogP contribution in [0.5, 0.6) is 0 Å². The van der Waals surface area contributed by atoms with Gasteiger partial charge in [-0.05, 0) is 11.8 Å². The van der Waals surface area contributed by atoms with Crippen molar-refractivity contribution in [2.24, 2.45) is 5.41 Å². The van der Waals surface area contributed by atoms with E-state index in [1.807, 2.05) is 20.8 Å². The zero-order valence-corrected chi connectivity index (χ0v) is 10.5. The molecule has 0 fully saturated rings. The number of hydrogen-bond donors (Lipinski definition) is 2. The molecule has 3 nitrogen and oxygen atoms in total. The molecule has 0 spiro atoms. The van der Waals surface area contributed by atoms with E-state index in [-0.39, 0.29) is 11.3 Å². The van der Waals surface area contributed by atoms with Crippen LogP contribution < -0.4 is 5.32 Å². The van der Waals surface area contributed by atoms with Crippen LogP contribution in [0.4, 0.5) is 0 Å². The Kier molecular flexibility index (Phi) is 6.57. The van der Waals surface area contributed by atoms with Crippen molar-refractivity contribution in [1.29, 1.82) is 0 Å². The normalized spacial score (nSPS) is 13.7. The van der Waals surface area contributed by atoms with Crippen molar-refractivity contribution in [3.05, 3.63) is 0 Å². The SMILES string of the molecule is CCCC[C@@H](O)CNC(=O)CC(C)(C)C. The summed E-state index contributed by atoms with van der Waals surface area (Å²) in [5.41, 5.74) is 0.0124. The highest BCUT2D eigenvalue weighted by Crippen LogP contribution is 2.17. The summed E-state index contributed by atoms with van der Waals surface area (Å²) in [4.78, 5) is 11.4. The lowest BCUT2D eigenvalue weighted by Gasteiger charge is -2.18. The number of unbranched alkanes of at least 4 members (excludes halogenated alkanes) is 1. The van der Waals surface area contributed by atoms with Crippen molar-refractivity contribution in [3.8, 4) is 0 Å². The van der Waals surface area contributed by atoms with Crippen LogP contribution in [0.25, 0.3) is 0 Å². The first-order valence-electron chi connectivity index (χ1n) is 5.80. The topological polar surface area (TPSA) is 49.3 Å². The van der Waals surface area contributed by atoms with Gasteiger partial charge in [-0.25, -0.2) is 0 Å². The van der Waals surface area contributed by atoms with Gasteiger partial charge in [-0.3, -0.25) is 4.79 Å². The molecule has 1 atom stereocenters. The Hall–Kier alpha value is -0.570. The Morgan fingerprint density at radius 2 is 2.00 bits per heavy atom. The minimum absolute atomic E-state index is 0.0124. The van der Waals surface area contributed by atoms with Crippen LogP contribution in [0.1, 0.15) is 53.4 Å². The fourth-order valence-corrected chi connectivity index (χ4v) is 1.32. The molecule has 90 valence electrons. The summed E-state index contributed by atoms with van der Waals surface area (Å²) in [6, 6.07) is 0. The number of nitrogens with one attached hydrogen (secondary N) is 1. The van der Waals surface area contributed by atoms with Gasteiger partial charge in [-0.15, -0.1) is 0 Å². The van der Waals surface area contributed by atoms with Gasteiger partial charge in [0.2, 0.25) is 5.91 Å². The molecule has 0 aliphatic rings. The quantitative estimate of drug-likeness (QED) is 0.713. The van der Waals surface area contributed by atoms with Gasteiger partial charge in [0.1, 0.15) is 0 Å². The summed E-state index contributed by atoms with van der Waals surface area (Å²) in [5.74, 6) is 0.0260. The second-order valence-electron chi connectivity index (χ2n) is 5.34. The number of aliphatic hydroxyl groups excluding tert-OH is 1. The Bertz CT molecular complexity index is 185. The zero-order valence-electron chi connectivity index (χ0n) is 10.5.